The molecule has 144 valence electrons. The normalized spacial score (nSPS) is 11.5. The lowest BCUT2D eigenvalue weighted by Gasteiger charge is -2.16. The van der Waals surface area contributed by atoms with Crippen LogP contribution in [0.5, 0.6) is 11.5 Å². The van der Waals surface area contributed by atoms with Crippen LogP contribution in [0.15, 0.2) is 42.5 Å². The van der Waals surface area contributed by atoms with Crippen molar-refractivity contribution in [3.63, 3.8) is 0 Å². The van der Waals surface area contributed by atoms with Gasteiger partial charge >= 0.3 is 5.97 Å². The number of benzene rings is 2. The molecule has 0 spiro atoms. The van der Waals surface area contributed by atoms with Gasteiger partial charge in [-0.3, -0.25) is 4.79 Å². The van der Waals surface area contributed by atoms with Gasteiger partial charge in [0.25, 0.3) is 0 Å². The molecule has 1 amide bonds. The van der Waals surface area contributed by atoms with E-state index < -0.39 is 12.6 Å². The van der Waals surface area contributed by atoms with Crippen molar-refractivity contribution in [2.45, 2.75) is 26.3 Å². The molecular weight excluding hydrogens is 370 g/mol. The van der Waals surface area contributed by atoms with Crippen molar-refractivity contribution in [3.8, 4) is 11.5 Å². The maximum absolute atomic E-state index is 12.4. The highest BCUT2D eigenvalue weighted by Crippen LogP contribution is 2.29. The van der Waals surface area contributed by atoms with E-state index in [0.29, 0.717) is 23.1 Å². The molecule has 2 rings (SSSR count). The zero-order chi connectivity index (χ0) is 19.8. The van der Waals surface area contributed by atoms with E-state index in [9.17, 15) is 9.59 Å². The maximum Gasteiger partial charge on any atom is 0.341 e. The third-order valence-corrected chi connectivity index (χ3v) is 4.11. The van der Waals surface area contributed by atoms with E-state index in [2.05, 4.69) is 5.32 Å². The van der Waals surface area contributed by atoms with Crippen LogP contribution < -0.4 is 14.8 Å². The Labute approximate surface area is 163 Å². The first-order valence-corrected chi connectivity index (χ1v) is 8.92. The Morgan fingerprint density at radius 3 is 2.48 bits per heavy atom. The number of hydrogen-bond acceptors (Lipinski definition) is 4. The van der Waals surface area contributed by atoms with Crippen LogP contribution in [0.4, 0.5) is 0 Å². The molecule has 2 aromatic carbocycles. The lowest BCUT2D eigenvalue weighted by atomic mass is 10.1. The Balaban J connectivity index is 1.97. The smallest absolute Gasteiger partial charge is 0.341 e. The number of hydrogen-bond donors (Lipinski definition) is 2. The molecule has 0 aliphatic rings. The number of nitrogens with one attached hydrogen (secondary N) is 1. The number of ether oxygens (including phenoxy) is 2. The molecule has 0 saturated carbocycles. The van der Waals surface area contributed by atoms with Crippen LogP contribution >= 0.6 is 11.6 Å². The van der Waals surface area contributed by atoms with Crippen molar-refractivity contribution in [2.75, 3.05) is 13.2 Å². The van der Waals surface area contributed by atoms with Crippen LogP contribution in [0.3, 0.4) is 0 Å². The highest BCUT2D eigenvalue weighted by Gasteiger charge is 2.15. The van der Waals surface area contributed by atoms with Crippen molar-refractivity contribution in [1.29, 1.82) is 0 Å². The minimum Gasteiger partial charge on any atom is -0.492 e. The van der Waals surface area contributed by atoms with Gasteiger partial charge in [-0.15, -0.1) is 0 Å². The van der Waals surface area contributed by atoms with Gasteiger partial charge in [-0.2, -0.15) is 0 Å². The Kier molecular flexibility index (Phi) is 7.49. The second kappa shape index (κ2) is 9.83. The molecule has 6 nitrogen and oxygen atoms in total. The number of carbonyl (C=O) groups is 2. The van der Waals surface area contributed by atoms with E-state index in [1.165, 1.54) is 0 Å². The molecule has 0 saturated heterocycles. The molecule has 1 atom stereocenters. The van der Waals surface area contributed by atoms with E-state index in [0.717, 1.165) is 11.1 Å². The second-order valence-corrected chi connectivity index (χ2v) is 6.29. The number of carbonyl (C=O) groups excluding carboxylic acids is 1. The number of amides is 1. The van der Waals surface area contributed by atoms with Crippen molar-refractivity contribution < 1.29 is 24.2 Å². The third-order valence-electron chi connectivity index (χ3n) is 3.81. The summed E-state index contributed by atoms with van der Waals surface area (Å²) in [5, 5.41) is 12.0. The highest BCUT2D eigenvalue weighted by atomic mass is 35.5. The summed E-state index contributed by atoms with van der Waals surface area (Å²) in [4.78, 5) is 22.9. The number of para-hydroxylation sites is 1. The van der Waals surface area contributed by atoms with Crippen LogP contribution in [0, 0.1) is 0 Å². The van der Waals surface area contributed by atoms with Gasteiger partial charge in [-0.1, -0.05) is 35.9 Å². The average Bonchev–Trinajstić information content (AvgIpc) is 2.63. The zero-order valence-corrected chi connectivity index (χ0v) is 16.0. The van der Waals surface area contributed by atoms with E-state index in [1.807, 2.05) is 19.9 Å². The highest BCUT2D eigenvalue weighted by molar-refractivity contribution is 6.32. The summed E-state index contributed by atoms with van der Waals surface area (Å²) >= 11 is 6.15. The average molecular weight is 392 g/mol. The topological polar surface area (TPSA) is 84.9 Å². The first-order valence-electron chi connectivity index (χ1n) is 8.54. The summed E-state index contributed by atoms with van der Waals surface area (Å²) in [5.41, 5.74) is 1.61. The molecule has 0 radical (unpaired) electrons. The van der Waals surface area contributed by atoms with E-state index in [4.69, 9.17) is 26.2 Å². The standard InChI is InChI=1S/C20H22ClNO5/c1-3-26-20-15(5-4-6-17(20)21)11-18(23)22-13(2)14-7-9-16(10-8-14)27-12-19(24)25/h4-10,13H,3,11-12H2,1-2H3,(H,22,23)(H,24,25). The fourth-order valence-electron chi connectivity index (χ4n) is 2.55. The molecule has 27 heavy (non-hydrogen) atoms. The van der Waals surface area contributed by atoms with Gasteiger partial charge in [0.2, 0.25) is 5.91 Å². The largest absolute Gasteiger partial charge is 0.492 e. The summed E-state index contributed by atoms with van der Waals surface area (Å²) in [5.74, 6) is -0.201. The van der Waals surface area contributed by atoms with Gasteiger partial charge in [-0.25, -0.2) is 4.79 Å². The van der Waals surface area contributed by atoms with Crippen molar-refractivity contribution >= 4 is 23.5 Å². The molecule has 2 aromatic rings. The second-order valence-electron chi connectivity index (χ2n) is 5.88. The third kappa shape index (κ3) is 6.18. The van der Waals surface area contributed by atoms with E-state index >= 15 is 0 Å². The molecule has 2 N–H and O–H groups in total. The van der Waals surface area contributed by atoms with E-state index in [1.54, 1.807) is 36.4 Å². The SMILES string of the molecule is CCOc1c(Cl)cccc1CC(=O)NC(C)c1ccc(OCC(=O)O)cc1. The van der Waals surface area contributed by atoms with Gasteiger partial charge in [0.15, 0.2) is 6.61 Å². The molecule has 0 aromatic heterocycles. The monoisotopic (exact) mass is 391 g/mol. The van der Waals surface area contributed by atoms with Gasteiger partial charge in [0.05, 0.1) is 24.1 Å². The molecule has 0 bridgehead atoms. The van der Waals surface area contributed by atoms with Crippen LogP contribution in [0.2, 0.25) is 5.02 Å². The lowest BCUT2D eigenvalue weighted by molar-refractivity contribution is -0.139. The minimum absolute atomic E-state index is 0.153. The summed E-state index contributed by atoms with van der Waals surface area (Å²) in [7, 11) is 0. The fourth-order valence-corrected chi connectivity index (χ4v) is 2.79. The summed E-state index contributed by atoms with van der Waals surface area (Å²) in [6.07, 6.45) is 0.153. The van der Waals surface area contributed by atoms with Crippen molar-refractivity contribution in [1.82, 2.24) is 5.32 Å². The quantitative estimate of drug-likeness (QED) is 0.682. The van der Waals surface area contributed by atoms with Gasteiger partial charge in [0.1, 0.15) is 11.5 Å². The van der Waals surface area contributed by atoms with Crippen LogP contribution in [-0.2, 0) is 16.0 Å². The number of carboxylic acid groups (broad SMARTS) is 1. The Morgan fingerprint density at radius 1 is 1.15 bits per heavy atom. The molecule has 1 unspecified atom stereocenters. The van der Waals surface area contributed by atoms with Crippen molar-refractivity contribution in [3.05, 3.63) is 58.6 Å². The molecular formula is C20H22ClNO5. The molecule has 0 aliphatic carbocycles. The number of carboxylic acids is 1. The number of aliphatic carboxylic acids is 1. The minimum atomic E-state index is -1.04. The number of halogens is 1. The molecule has 0 aliphatic heterocycles. The van der Waals surface area contributed by atoms with Crippen LogP contribution in [0.25, 0.3) is 0 Å². The molecule has 0 heterocycles. The van der Waals surface area contributed by atoms with Gasteiger partial charge in [-0.05, 0) is 37.6 Å². The van der Waals surface area contributed by atoms with Crippen LogP contribution in [-0.4, -0.2) is 30.2 Å². The van der Waals surface area contributed by atoms with Gasteiger partial charge in [0, 0.05) is 5.56 Å². The maximum atomic E-state index is 12.4. The van der Waals surface area contributed by atoms with E-state index in [-0.39, 0.29) is 18.4 Å². The van der Waals surface area contributed by atoms with Crippen molar-refractivity contribution in [2.24, 2.45) is 0 Å². The Hall–Kier alpha value is -2.73. The molecule has 7 heteroatoms. The Morgan fingerprint density at radius 2 is 1.85 bits per heavy atom. The predicted molar refractivity (Wildman–Crippen MR) is 102 cm³/mol. The zero-order valence-electron chi connectivity index (χ0n) is 15.2. The number of rotatable bonds is 9. The summed E-state index contributed by atoms with van der Waals surface area (Å²) in [6.45, 7) is 3.80. The van der Waals surface area contributed by atoms with Gasteiger partial charge < -0.3 is 19.9 Å². The van der Waals surface area contributed by atoms with Crippen LogP contribution in [0.1, 0.15) is 31.0 Å². The first kappa shape index (κ1) is 20.6. The molecule has 0 fully saturated rings. The predicted octanol–water partition coefficient (Wildman–Crippen LogP) is 3.62. The fraction of sp³-hybridized carbons (Fsp3) is 0.300. The summed E-state index contributed by atoms with van der Waals surface area (Å²) in [6, 6.07) is 12.0. The summed E-state index contributed by atoms with van der Waals surface area (Å²) < 4.78 is 10.6. The lowest BCUT2D eigenvalue weighted by Crippen LogP contribution is -2.28. The Bertz CT molecular complexity index is 791. The first-order chi connectivity index (χ1) is 12.9.